The number of nitrogens with one attached hydrogen (secondary N) is 2. The van der Waals surface area contributed by atoms with Crippen molar-refractivity contribution in [2.75, 3.05) is 45.4 Å². The smallest absolute Gasteiger partial charge is 0.191 e. The molecule has 10 heteroatoms. The van der Waals surface area contributed by atoms with Crippen molar-refractivity contribution in [3.8, 4) is 5.75 Å². The van der Waals surface area contributed by atoms with E-state index in [1.54, 1.807) is 7.05 Å². The second-order valence-corrected chi connectivity index (χ2v) is 8.60. The van der Waals surface area contributed by atoms with Crippen molar-refractivity contribution in [3.05, 3.63) is 28.7 Å². The fourth-order valence-corrected chi connectivity index (χ4v) is 2.61. The SMILES string of the molecule is CN=C(NCCOCCS(C)(=O)=O)NCC(C)Oc1ccccc1Br.I. The summed E-state index contributed by atoms with van der Waals surface area (Å²) in [5.74, 6) is 1.46. The average Bonchev–Trinajstić information content (AvgIpc) is 2.54. The molecule has 0 amide bonds. The van der Waals surface area contributed by atoms with E-state index in [1.165, 1.54) is 6.26 Å². The molecule has 0 saturated heterocycles. The lowest BCUT2D eigenvalue weighted by Gasteiger charge is -2.18. The molecule has 7 nitrogen and oxygen atoms in total. The van der Waals surface area contributed by atoms with E-state index in [-0.39, 0.29) is 42.4 Å². The third-order valence-electron chi connectivity index (χ3n) is 3.08. The Morgan fingerprint density at radius 1 is 1.27 bits per heavy atom. The minimum Gasteiger partial charge on any atom is -0.488 e. The molecule has 26 heavy (non-hydrogen) atoms. The summed E-state index contributed by atoms with van der Waals surface area (Å²) < 4.78 is 34.0. The van der Waals surface area contributed by atoms with Crippen LogP contribution in [-0.4, -0.2) is 65.8 Å². The molecule has 150 valence electrons. The lowest BCUT2D eigenvalue weighted by molar-refractivity contribution is 0.154. The van der Waals surface area contributed by atoms with Gasteiger partial charge in [0.05, 0.1) is 30.0 Å². The van der Waals surface area contributed by atoms with Crippen LogP contribution < -0.4 is 15.4 Å². The number of guanidine groups is 1. The summed E-state index contributed by atoms with van der Waals surface area (Å²) in [5.41, 5.74) is 0. The highest BCUT2D eigenvalue weighted by Gasteiger charge is 2.08. The zero-order valence-electron chi connectivity index (χ0n) is 15.2. The first kappa shape index (κ1) is 25.4. The first-order chi connectivity index (χ1) is 11.8. The Labute approximate surface area is 181 Å². The summed E-state index contributed by atoms with van der Waals surface area (Å²) in [6.45, 7) is 3.68. The molecule has 0 aliphatic carbocycles. The zero-order valence-corrected chi connectivity index (χ0v) is 19.9. The number of hydrogen-bond acceptors (Lipinski definition) is 5. The van der Waals surface area contributed by atoms with Crippen molar-refractivity contribution in [2.24, 2.45) is 4.99 Å². The van der Waals surface area contributed by atoms with Gasteiger partial charge < -0.3 is 20.1 Å². The van der Waals surface area contributed by atoms with Crippen LogP contribution in [0, 0.1) is 0 Å². The van der Waals surface area contributed by atoms with E-state index in [1.807, 2.05) is 31.2 Å². The van der Waals surface area contributed by atoms with Crippen molar-refractivity contribution >= 4 is 55.7 Å². The number of rotatable bonds is 10. The minimum atomic E-state index is -2.98. The second kappa shape index (κ2) is 13.6. The van der Waals surface area contributed by atoms with Crippen LogP contribution in [0.15, 0.2) is 33.7 Å². The average molecular weight is 564 g/mol. The first-order valence-electron chi connectivity index (χ1n) is 7.93. The van der Waals surface area contributed by atoms with Gasteiger partial charge in [-0.15, -0.1) is 24.0 Å². The maximum atomic E-state index is 11.0. The Morgan fingerprint density at radius 2 is 1.96 bits per heavy atom. The summed E-state index contributed by atoms with van der Waals surface area (Å²) in [4.78, 5) is 4.12. The number of aliphatic imine (C=N–C) groups is 1. The minimum absolute atomic E-state index is 0. The molecule has 0 spiro atoms. The second-order valence-electron chi connectivity index (χ2n) is 5.48. The van der Waals surface area contributed by atoms with E-state index < -0.39 is 9.84 Å². The summed E-state index contributed by atoms with van der Waals surface area (Å²) in [6.07, 6.45) is 1.14. The highest BCUT2D eigenvalue weighted by Crippen LogP contribution is 2.24. The van der Waals surface area contributed by atoms with Crippen LogP contribution in [0.25, 0.3) is 0 Å². The van der Waals surface area contributed by atoms with Gasteiger partial charge >= 0.3 is 0 Å². The van der Waals surface area contributed by atoms with E-state index in [0.29, 0.717) is 25.7 Å². The largest absolute Gasteiger partial charge is 0.488 e. The van der Waals surface area contributed by atoms with Gasteiger partial charge in [0, 0.05) is 19.8 Å². The van der Waals surface area contributed by atoms with Crippen LogP contribution in [-0.2, 0) is 14.6 Å². The van der Waals surface area contributed by atoms with E-state index >= 15 is 0 Å². The molecule has 0 radical (unpaired) electrons. The van der Waals surface area contributed by atoms with E-state index in [2.05, 4.69) is 31.6 Å². The molecule has 1 aromatic rings. The summed E-state index contributed by atoms with van der Waals surface area (Å²) in [5, 5.41) is 6.27. The van der Waals surface area contributed by atoms with Crippen LogP contribution in [0.1, 0.15) is 6.92 Å². The molecule has 0 saturated carbocycles. The Hall–Kier alpha value is -0.590. The van der Waals surface area contributed by atoms with Crippen molar-refractivity contribution in [3.63, 3.8) is 0 Å². The number of hydrogen-bond donors (Lipinski definition) is 2. The predicted octanol–water partition coefficient (Wildman–Crippen LogP) is 2.06. The Bertz CT molecular complexity index is 659. The van der Waals surface area contributed by atoms with Gasteiger partial charge in [0.15, 0.2) is 5.96 Å². The van der Waals surface area contributed by atoms with Gasteiger partial charge in [-0.1, -0.05) is 12.1 Å². The monoisotopic (exact) mass is 563 g/mol. The van der Waals surface area contributed by atoms with E-state index in [4.69, 9.17) is 9.47 Å². The fraction of sp³-hybridized carbons (Fsp3) is 0.562. The van der Waals surface area contributed by atoms with Crippen LogP contribution >= 0.6 is 39.9 Å². The van der Waals surface area contributed by atoms with Crippen LogP contribution in [0.5, 0.6) is 5.75 Å². The standard InChI is InChI=1S/C16H26BrN3O4S.HI/c1-13(24-15-7-5-4-6-14(15)17)12-20-16(18-2)19-8-9-23-10-11-25(3,21)22;/h4-7,13H,8-12H2,1-3H3,(H2,18,19,20);1H. The molecule has 0 fully saturated rings. The molecule has 1 atom stereocenters. The van der Waals surface area contributed by atoms with Crippen molar-refractivity contribution in [1.82, 2.24) is 10.6 Å². The molecule has 2 N–H and O–H groups in total. The molecule has 0 aliphatic heterocycles. The third-order valence-corrected chi connectivity index (χ3v) is 4.65. The molecular formula is C16H27BrIN3O4S. The number of benzene rings is 1. The molecule has 0 heterocycles. The Balaban J connectivity index is 0.00000625. The van der Waals surface area contributed by atoms with Gasteiger partial charge in [0.1, 0.15) is 21.7 Å². The highest BCUT2D eigenvalue weighted by atomic mass is 127. The van der Waals surface area contributed by atoms with Gasteiger partial charge in [0.2, 0.25) is 0 Å². The normalized spacial score (nSPS) is 12.8. The lowest BCUT2D eigenvalue weighted by Crippen LogP contribution is -2.42. The van der Waals surface area contributed by atoms with Crippen LogP contribution in [0.3, 0.4) is 0 Å². The quantitative estimate of drug-likeness (QED) is 0.196. The topological polar surface area (TPSA) is 89.0 Å². The van der Waals surface area contributed by atoms with Gasteiger partial charge in [-0.2, -0.15) is 0 Å². The van der Waals surface area contributed by atoms with Gasteiger partial charge in [-0.25, -0.2) is 8.42 Å². The highest BCUT2D eigenvalue weighted by molar-refractivity contribution is 14.0. The molecule has 1 aromatic carbocycles. The maximum absolute atomic E-state index is 11.0. The predicted molar refractivity (Wildman–Crippen MR) is 120 cm³/mol. The fourth-order valence-electron chi connectivity index (χ4n) is 1.81. The van der Waals surface area contributed by atoms with Crippen molar-refractivity contribution in [2.45, 2.75) is 13.0 Å². The Morgan fingerprint density at radius 3 is 2.58 bits per heavy atom. The van der Waals surface area contributed by atoms with Crippen molar-refractivity contribution in [1.29, 1.82) is 0 Å². The number of para-hydroxylation sites is 1. The summed E-state index contributed by atoms with van der Waals surface area (Å²) in [7, 11) is -1.30. The molecule has 1 unspecified atom stereocenters. The summed E-state index contributed by atoms with van der Waals surface area (Å²) >= 11 is 3.45. The van der Waals surface area contributed by atoms with Crippen LogP contribution in [0.2, 0.25) is 0 Å². The van der Waals surface area contributed by atoms with Crippen LogP contribution in [0.4, 0.5) is 0 Å². The Kier molecular flexibility index (Phi) is 13.3. The van der Waals surface area contributed by atoms with E-state index in [0.717, 1.165) is 10.2 Å². The zero-order chi connectivity index (χ0) is 18.7. The van der Waals surface area contributed by atoms with Crippen molar-refractivity contribution < 1.29 is 17.9 Å². The molecule has 1 rings (SSSR count). The molecule has 0 aromatic heterocycles. The first-order valence-corrected chi connectivity index (χ1v) is 10.8. The maximum Gasteiger partial charge on any atom is 0.191 e. The molecule has 0 bridgehead atoms. The third kappa shape index (κ3) is 11.9. The molecule has 0 aliphatic rings. The lowest BCUT2D eigenvalue weighted by atomic mass is 10.3. The number of sulfone groups is 1. The summed E-state index contributed by atoms with van der Waals surface area (Å²) in [6, 6.07) is 7.69. The number of nitrogens with zero attached hydrogens (tertiary/aromatic N) is 1. The molecular weight excluding hydrogens is 537 g/mol. The number of ether oxygens (including phenoxy) is 2. The van der Waals surface area contributed by atoms with Gasteiger partial charge in [-0.05, 0) is 35.0 Å². The number of halogens is 2. The van der Waals surface area contributed by atoms with Gasteiger partial charge in [-0.3, -0.25) is 4.99 Å². The van der Waals surface area contributed by atoms with Gasteiger partial charge in [0.25, 0.3) is 0 Å². The van der Waals surface area contributed by atoms with E-state index in [9.17, 15) is 8.42 Å².